The average Bonchev–Trinajstić information content (AvgIpc) is 3.10. The zero-order chi connectivity index (χ0) is 24.1. The quantitative estimate of drug-likeness (QED) is 0.492. The standard InChI is InChI=1S/C26H24FN3O4/c1-2-26(19-8-10-20(27)11-9-19)24(32)30(25(33)29-26)16-23(31)28-21-12-14-22(15-13-21)34-17-18-6-4-3-5-7-18/h3-15H,2,16-17H2,1H3,(H,28,31)(H,29,33). The number of anilines is 1. The summed E-state index contributed by atoms with van der Waals surface area (Å²) in [6.07, 6.45) is 0.256. The van der Waals surface area contributed by atoms with E-state index in [1.54, 1.807) is 31.2 Å². The molecule has 1 aliphatic rings. The topological polar surface area (TPSA) is 87.7 Å². The largest absolute Gasteiger partial charge is 0.489 e. The summed E-state index contributed by atoms with van der Waals surface area (Å²) in [5.41, 5.74) is 0.674. The van der Waals surface area contributed by atoms with E-state index in [0.717, 1.165) is 10.5 Å². The molecule has 1 atom stereocenters. The van der Waals surface area contributed by atoms with Crippen molar-refractivity contribution in [3.05, 3.63) is 95.8 Å². The summed E-state index contributed by atoms with van der Waals surface area (Å²) in [5.74, 6) is -0.874. The summed E-state index contributed by atoms with van der Waals surface area (Å²) in [6.45, 7) is 1.72. The van der Waals surface area contributed by atoms with Crippen molar-refractivity contribution in [2.75, 3.05) is 11.9 Å². The maximum atomic E-state index is 13.3. The van der Waals surface area contributed by atoms with E-state index in [9.17, 15) is 18.8 Å². The Balaban J connectivity index is 1.37. The Morgan fingerprint density at radius 1 is 1.00 bits per heavy atom. The molecule has 2 N–H and O–H groups in total. The average molecular weight is 461 g/mol. The molecule has 0 aromatic heterocycles. The predicted molar refractivity (Wildman–Crippen MR) is 124 cm³/mol. The summed E-state index contributed by atoms with van der Waals surface area (Å²) in [5, 5.41) is 5.36. The van der Waals surface area contributed by atoms with Crippen LogP contribution in [0.3, 0.4) is 0 Å². The third-order valence-corrected chi connectivity index (χ3v) is 5.73. The van der Waals surface area contributed by atoms with Crippen LogP contribution in [0.4, 0.5) is 14.9 Å². The van der Waals surface area contributed by atoms with Crippen LogP contribution in [0.5, 0.6) is 5.75 Å². The van der Waals surface area contributed by atoms with E-state index in [2.05, 4.69) is 10.6 Å². The monoisotopic (exact) mass is 461 g/mol. The number of amides is 4. The number of benzene rings is 3. The van der Waals surface area contributed by atoms with Crippen molar-refractivity contribution in [1.29, 1.82) is 0 Å². The molecular formula is C26H24FN3O4. The van der Waals surface area contributed by atoms with Crippen molar-refractivity contribution >= 4 is 23.5 Å². The van der Waals surface area contributed by atoms with Crippen LogP contribution in [0, 0.1) is 5.82 Å². The van der Waals surface area contributed by atoms with Gasteiger partial charge in [0.25, 0.3) is 5.91 Å². The molecule has 0 spiro atoms. The number of nitrogens with one attached hydrogen (secondary N) is 2. The Hall–Kier alpha value is -4.20. The molecule has 7 nitrogen and oxygen atoms in total. The third-order valence-electron chi connectivity index (χ3n) is 5.73. The Bertz CT molecular complexity index is 1180. The molecule has 34 heavy (non-hydrogen) atoms. The fourth-order valence-electron chi connectivity index (χ4n) is 3.86. The van der Waals surface area contributed by atoms with E-state index in [-0.39, 0.29) is 6.42 Å². The molecule has 4 amide bonds. The van der Waals surface area contributed by atoms with Crippen LogP contribution in [0.1, 0.15) is 24.5 Å². The Morgan fingerprint density at radius 3 is 2.32 bits per heavy atom. The van der Waals surface area contributed by atoms with Gasteiger partial charge in [-0.3, -0.25) is 14.5 Å². The molecule has 8 heteroatoms. The molecule has 3 aromatic rings. The number of hydrogen-bond donors (Lipinski definition) is 2. The van der Waals surface area contributed by atoms with E-state index in [1.165, 1.54) is 24.3 Å². The lowest BCUT2D eigenvalue weighted by Gasteiger charge is -2.25. The zero-order valence-electron chi connectivity index (χ0n) is 18.6. The third kappa shape index (κ3) is 4.76. The summed E-state index contributed by atoms with van der Waals surface area (Å²) in [6, 6.07) is 21.3. The smallest absolute Gasteiger partial charge is 0.325 e. The lowest BCUT2D eigenvalue weighted by atomic mass is 9.87. The fraction of sp³-hybridized carbons (Fsp3) is 0.192. The molecule has 0 saturated carbocycles. The summed E-state index contributed by atoms with van der Waals surface area (Å²) in [4.78, 5) is 39.1. The first-order valence-electron chi connectivity index (χ1n) is 10.9. The fourth-order valence-corrected chi connectivity index (χ4v) is 3.86. The number of hydrogen-bond acceptors (Lipinski definition) is 4. The van der Waals surface area contributed by atoms with Crippen molar-refractivity contribution in [1.82, 2.24) is 10.2 Å². The molecule has 174 valence electrons. The van der Waals surface area contributed by atoms with Crippen LogP contribution in [-0.4, -0.2) is 29.3 Å². The maximum Gasteiger partial charge on any atom is 0.325 e. The molecule has 1 saturated heterocycles. The van der Waals surface area contributed by atoms with Gasteiger partial charge in [-0.15, -0.1) is 0 Å². The molecular weight excluding hydrogens is 437 g/mol. The first-order valence-corrected chi connectivity index (χ1v) is 10.9. The molecule has 0 radical (unpaired) electrons. The second-order valence-corrected chi connectivity index (χ2v) is 7.93. The lowest BCUT2D eigenvalue weighted by molar-refractivity contribution is -0.134. The van der Waals surface area contributed by atoms with E-state index in [4.69, 9.17) is 4.74 Å². The van der Waals surface area contributed by atoms with Gasteiger partial charge in [-0.05, 0) is 53.9 Å². The molecule has 1 unspecified atom stereocenters. The summed E-state index contributed by atoms with van der Waals surface area (Å²) >= 11 is 0. The van der Waals surface area contributed by atoms with Crippen molar-refractivity contribution in [3.63, 3.8) is 0 Å². The van der Waals surface area contributed by atoms with E-state index >= 15 is 0 Å². The van der Waals surface area contributed by atoms with Gasteiger partial charge in [-0.1, -0.05) is 49.4 Å². The van der Waals surface area contributed by atoms with Crippen molar-refractivity contribution < 1.29 is 23.5 Å². The highest BCUT2D eigenvalue weighted by atomic mass is 19.1. The van der Waals surface area contributed by atoms with Crippen LogP contribution < -0.4 is 15.4 Å². The van der Waals surface area contributed by atoms with Crippen LogP contribution in [-0.2, 0) is 21.7 Å². The van der Waals surface area contributed by atoms with E-state index in [1.807, 2.05) is 30.3 Å². The maximum absolute atomic E-state index is 13.3. The SMILES string of the molecule is CCC1(c2ccc(F)cc2)NC(=O)N(CC(=O)Nc2ccc(OCc3ccccc3)cc2)C1=O. The lowest BCUT2D eigenvalue weighted by Crippen LogP contribution is -2.44. The van der Waals surface area contributed by atoms with Gasteiger partial charge in [-0.25, -0.2) is 9.18 Å². The van der Waals surface area contributed by atoms with Gasteiger partial charge in [0.15, 0.2) is 0 Å². The van der Waals surface area contributed by atoms with Crippen LogP contribution in [0.2, 0.25) is 0 Å². The first kappa shape index (κ1) is 23.0. The van der Waals surface area contributed by atoms with E-state index < -0.39 is 35.7 Å². The highest BCUT2D eigenvalue weighted by Gasteiger charge is 2.51. The van der Waals surface area contributed by atoms with Crippen LogP contribution in [0.25, 0.3) is 0 Å². The molecule has 1 fully saturated rings. The number of urea groups is 1. The van der Waals surface area contributed by atoms with Crippen molar-refractivity contribution in [2.45, 2.75) is 25.5 Å². The Labute approximate surface area is 196 Å². The van der Waals surface area contributed by atoms with Gasteiger partial charge in [0.1, 0.15) is 30.3 Å². The predicted octanol–water partition coefficient (Wildman–Crippen LogP) is 4.20. The van der Waals surface area contributed by atoms with Gasteiger partial charge < -0.3 is 15.4 Å². The normalized spacial score (nSPS) is 17.4. The van der Waals surface area contributed by atoms with Crippen LogP contribution >= 0.6 is 0 Å². The number of nitrogens with zero attached hydrogens (tertiary/aromatic N) is 1. The van der Waals surface area contributed by atoms with Gasteiger partial charge >= 0.3 is 6.03 Å². The highest BCUT2D eigenvalue weighted by molar-refractivity contribution is 6.10. The van der Waals surface area contributed by atoms with E-state index in [0.29, 0.717) is 23.6 Å². The van der Waals surface area contributed by atoms with Gasteiger partial charge in [0, 0.05) is 5.69 Å². The minimum Gasteiger partial charge on any atom is -0.489 e. The number of carbonyl (C=O) groups excluding carboxylic acids is 3. The van der Waals surface area contributed by atoms with Crippen molar-refractivity contribution in [2.24, 2.45) is 0 Å². The number of ether oxygens (including phenoxy) is 1. The molecule has 1 aliphatic heterocycles. The summed E-state index contributed by atoms with van der Waals surface area (Å²) in [7, 11) is 0. The number of halogens is 1. The molecule has 1 heterocycles. The second-order valence-electron chi connectivity index (χ2n) is 7.93. The molecule has 3 aromatic carbocycles. The number of rotatable bonds is 8. The van der Waals surface area contributed by atoms with Gasteiger partial charge in [-0.2, -0.15) is 0 Å². The minimum atomic E-state index is -1.33. The van der Waals surface area contributed by atoms with Crippen molar-refractivity contribution in [3.8, 4) is 5.75 Å². The number of imide groups is 1. The molecule has 0 aliphatic carbocycles. The Kier molecular flexibility index (Phi) is 6.58. The minimum absolute atomic E-state index is 0.256. The van der Waals surface area contributed by atoms with Gasteiger partial charge in [0.05, 0.1) is 0 Å². The number of carbonyl (C=O) groups is 3. The second kappa shape index (κ2) is 9.74. The summed E-state index contributed by atoms with van der Waals surface area (Å²) < 4.78 is 19.1. The Morgan fingerprint density at radius 2 is 1.68 bits per heavy atom. The van der Waals surface area contributed by atoms with Crippen LogP contribution in [0.15, 0.2) is 78.9 Å². The molecule has 4 rings (SSSR count). The first-order chi connectivity index (χ1) is 16.4. The zero-order valence-corrected chi connectivity index (χ0v) is 18.6. The van der Waals surface area contributed by atoms with Gasteiger partial charge in [0.2, 0.25) is 5.91 Å². The highest BCUT2D eigenvalue weighted by Crippen LogP contribution is 2.32. The molecule has 0 bridgehead atoms.